The number of benzene rings is 3. The van der Waals surface area contributed by atoms with E-state index in [1.807, 2.05) is 6.07 Å². The minimum Gasteiger partial charge on any atom is -0.508 e. The van der Waals surface area contributed by atoms with Crippen LogP contribution in [0.15, 0.2) is 71.5 Å². The lowest BCUT2D eigenvalue weighted by Crippen LogP contribution is -2.10. The van der Waals surface area contributed by atoms with Crippen LogP contribution in [0.1, 0.15) is 0 Å². The number of phenols is 1. The monoisotopic (exact) mass is 359 g/mol. The molecule has 0 amide bonds. The lowest BCUT2D eigenvalue weighted by Gasteiger charge is -2.11. The van der Waals surface area contributed by atoms with Crippen LogP contribution in [-0.2, 0) is 0 Å². The van der Waals surface area contributed by atoms with Crippen molar-refractivity contribution in [3.8, 4) is 28.1 Å². The number of H-pyrrole nitrogens is 1. The number of aromatic hydroxyl groups is 1. The van der Waals surface area contributed by atoms with Gasteiger partial charge in [-0.1, -0.05) is 12.1 Å². The van der Waals surface area contributed by atoms with Crippen LogP contribution >= 0.6 is 0 Å². The fourth-order valence-electron chi connectivity index (χ4n) is 3.05. The number of nitrogens with zero attached hydrogens (tertiary/aromatic N) is 2. The van der Waals surface area contributed by atoms with Crippen molar-refractivity contribution < 1.29 is 10.0 Å². The molecule has 0 fully saturated rings. The minimum atomic E-state index is -0.457. The molecule has 0 radical (unpaired) electrons. The summed E-state index contributed by atoms with van der Waals surface area (Å²) in [5.74, 6) is 0.128. The smallest absolute Gasteiger partial charge is 0.272 e. The van der Waals surface area contributed by atoms with Gasteiger partial charge in [0.2, 0.25) is 0 Å². The predicted octanol–water partition coefficient (Wildman–Crippen LogP) is 3.87. The Morgan fingerprint density at radius 1 is 0.926 bits per heavy atom. The van der Waals surface area contributed by atoms with E-state index in [1.54, 1.807) is 48.5 Å². The molecular weight excluding hydrogens is 346 g/mol. The van der Waals surface area contributed by atoms with Crippen LogP contribution in [0, 0.1) is 10.1 Å². The quantitative estimate of drug-likeness (QED) is 0.426. The second-order valence-electron chi connectivity index (χ2n) is 5.98. The van der Waals surface area contributed by atoms with Crippen LogP contribution < -0.4 is 5.56 Å². The Bertz CT molecular complexity index is 1210. The topological polar surface area (TPSA) is 109 Å². The largest absolute Gasteiger partial charge is 0.508 e. The molecule has 132 valence electrons. The van der Waals surface area contributed by atoms with E-state index in [1.165, 1.54) is 12.1 Å². The summed E-state index contributed by atoms with van der Waals surface area (Å²) in [6.45, 7) is 0. The van der Waals surface area contributed by atoms with Crippen molar-refractivity contribution in [1.29, 1.82) is 0 Å². The zero-order chi connectivity index (χ0) is 19.0. The number of rotatable bonds is 3. The van der Waals surface area contributed by atoms with E-state index in [0.717, 1.165) is 16.7 Å². The average molecular weight is 359 g/mol. The lowest BCUT2D eigenvalue weighted by molar-refractivity contribution is -0.384. The summed E-state index contributed by atoms with van der Waals surface area (Å²) in [6.07, 6.45) is 0. The van der Waals surface area contributed by atoms with Crippen LogP contribution in [0.25, 0.3) is 33.2 Å². The van der Waals surface area contributed by atoms with Crippen LogP contribution in [0.5, 0.6) is 5.75 Å². The molecule has 1 heterocycles. The maximum atomic E-state index is 12.3. The normalized spacial score (nSPS) is 10.8. The van der Waals surface area contributed by atoms with Gasteiger partial charge in [-0.3, -0.25) is 14.9 Å². The van der Waals surface area contributed by atoms with Gasteiger partial charge >= 0.3 is 0 Å². The first kappa shape index (κ1) is 16.5. The highest BCUT2D eigenvalue weighted by molar-refractivity contribution is 6.04. The summed E-state index contributed by atoms with van der Waals surface area (Å²) in [5.41, 5.74) is 2.43. The summed E-state index contributed by atoms with van der Waals surface area (Å²) in [4.78, 5) is 22.7. The van der Waals surface area contributed by atoms with Crippen molar-refractivity contribution in [2.75, 3.05) is 0 Å². The van der Waals surface area contributed by atoms with Crippen molar-refractivity contribution in [3.05, 3.63) is 87.2 Å². The van der Waals surface area contributed by atoms with Gasteiger partial charge in [-0.25, -0.2) is 5.10 Å². The number of nitro benzene ring substituents is 1. The molecule has 2 N–H and O–H groups in total. The maximum Gasteiger partial charge on any atom is 0.272 e. The van der Waals surface area contributed by atoms with Crippen LogP contribution in [0.4, 0.5) is 5.69 Å². The molecule has 4 aromatic rings. The van der Waals surface area contributed by atoms with Gasteiger partial charge in [0.1, 0.15) is 5.75 Å². The Labute approximate surface area is 152 Å². The first-order chi connectivity index (χ1) is 13.0. The van der Waals surface area contributed by atoms with Gasteiger partial charge in [0, 0.05) is 23.1 Å². The number of hydrogen-bond donors (Lipinski definition) is 2. The predicted molar refractivity (Wildman–Crippen MR) is 102 cm³/mol. The maximum absolute atomic E-state index is 12.3. The number of nitrogens with one attached hydrogen (secondary N) is 1. The van der Waals surface area contributed by atoms with Gasteiger partial charge in [0.25, 0.3) is 11.2 Å². The van der Waals surface area contributed by atoms with E-state index >= 15 is 0 Å². The molecule has 7 heteroatoms. The molecular formula is C20H13N3O4. The van der Waals surface area contributed by atoms with E-state index in [2.05, 4.69) is 10.2 Å². The Kier molecular flexibility index (Phi) is 3.89. The molecule has 27 heavy (non-hydrogen) atoms. The number of phenolic OH excluding ortho intramolecular Hbond substituents is 1. The van der Waals surface area contributed by atoms with Gasteiger partial charge in [-0.15, -0.1) is 0 Å². The van der Waals surface area contributed by atoms with Crippen molar-refractivity contribution >= 4 is 16.5 Å². The van der Waals surface area contributed by atoms with Gasteiger partial charge in [0.05, 0.1) is 16.0 Å². The van der Waals surface area contributed by atoms with Crippen molar-refractivity contribution in [1.82, 2.24) is 10.2 Å². The minimum absolute atomic E-state index is 0.00582. The molecule has 0 bridgehead atoms. The third-order valence-corrected chi connectivity index (χ3v) is 4.35. The first-order valence-corrected chi connectivity index (χ1v) is 8.10. The highest BCUT2D eigenvalue weighted by Gasteiger charge is 2.15. The summed E-state index contributed by atoms with van der Waals surface area (Å²) >= 11 is 0. The molecule has 7 nitrogen and oxygen atoms in total. The third kappa shape index (κ3) is 2.91. The molecule has 4 rings (SSSR count). The van der Waals surface area contributed by atoms with Crippen LogP contribution in [-0.4, -0.2) is 20.2 Å². The summed E-state index contributed by atoms with van der Waals surface area (Å²) in [5, 5.41) is 28.2. The summed E-state index contributed by atoms with van der Waals surface area (Å²) in [6, 6.07) is 18.0. The van der Waals surface area contributed by atoms with E-state index in [0.29, 0.717) is 16.5 Å². The van der Waals surface area contributed by atoms with Crippen molar-refractivity contribution in [2.45, 2.75) is 0 Å². The molecule has 0 spiro atoms. The van der Waals surface area contributed by atoms with Gasteiger partial charge in [-0.05, 0) is 53.6 Å². The second-order valence-corrected chi connectivity index (χ2v) is 5.98. The number of nitro groups is 1. The lowest BCUT2D eigenvalue weighted by atomic mass is 9.95. The average Bonchev–Trinajstić information content (AvgIpc) is 2.69. The molecule has 1 aromatic heterocycles. The molecule has 0 aliphatic heterocycles. The molecule has 0 unspecified atom stereocenters. The molecule has 0 atom stereocenters. The SMILES string of the molecule is O=c1[nH]nc(-c2ccc(O)cc2)c2c(-c3ccc([N+](=O)[O-])cc3)cccc12. The standard InChI is InChI=1S/C20H13N3O4/c24-15-10-6-13(7-11-15)19-18-16(2-1-3-17(18)20(25)22-21-19)12-4-8-14(9-5-12)23(26)27/h1-11,24H,(H,22,25). The fourth-order valence-corrected chi connectivity index (χ4v) is 3.05. The Hall–Kier alpha value is -4.00. The molecule has 0 aliphatic carbocycles. The Morgan fingerprint density at radius 2 is 1.59 bits per heavy atom. The molecule has 0 saturated carbocycles. The molecule has 3 aromatic carbocycles. The van der Waals surface area contributed by atoms with E-state index in [-0.39, 0.29) is 17.0 Å². The summed E-state index contributed by atoms with van der Waals surface area (Å²) in [7, 11) is 0. The van der Waals surface area contributed by atoms with Crippen LogP contribution in [0.2, 0.25) is 0 Å². The highest BCUT2D eigenvalue weighted by atomic mass is 16.6. The van der Waals surface area contributed by atoms with E-state index in [4.69, 9.17) is 0 Å². The summed E-state index contributed by atoms with van der Waals surface area (Å²) < 4.78 is 0. The van der Waals surface area contributed by atoms with Crippen LogP contribution in [0.3, 0.4) is 0 Å². The van der Waals surface area contributed by atoms with Crippen molar-refractivity contribution in [2.24, 2.45) is 0 Å². The number of hydrogen-bond acceptors (Lipinski definition) is 5. The number of non-ortho nitro benzene ring substituents is 1. The third-order valence-electron chi connectivity index (χ3n) is 4.35. The van der Waals surface area contributed by atoms with E-state index in [9.17, 15) is 20.0 Å². The number of aromatic amines is 1. The Balaban J connectivity index is 2.01. The number of aromatic nitrogens is 2. The van der Waals surface area contributed by atoms with Gasteiger partial charge in [0.15, 0.2) is 0 Å². The van der Waals surface area contributed by atoms with Gasteiger partial charge < -0.3 is 5.11 Å². The highest BCUT2D eigenvalue weighted by Crippen LogP contribution is 2.34. The second kappa shape index (κ2) is 6.38. The van der Waals surface area contributed by atoms with Gasteiger partial charge in [-0.2, -0.15) is 5.10 Å². The van der Waals surface area contributed by atoms with Crippen molar-refractivity contribution in [3.63, 3.8) is 0 Å². The fraction of sp³-hybridized carbons (Fsp3) is 0. The molecule has 0 aliphatic rings. The Morgan fingerprint density at radius 3 is 2.26 bits per heavy atom. The first-order valence-electron chi connectivity index (χ1n) is 8.10. The molecule has 0 saturated heterocycles. The zero-order valence-electron chi connectivity index (χ0n) is 13.9. The number of fused-ring (bicyclic) bond motifs is 1. The zero-order valence-corrected chi connectivity index (χ0v) is 13.9. The van der Waals surface area contributed by atoms with E-state index < -0.39 is 4.92 Å².